The molecule has 0 bridgehead atoms. The van der Waals surface area contributed by atoms with Gasteiger partial charge in [-0.25, -0.2) is 4.39 Å². The highest BCUT2D eigenvalue weighted by Crippen LogP contribution is 2.32. The molecule has 2 aromatic carbocycles. The zero-order valence-electron chi connectivity index (χ0n) is 11.8. The van der Waals surface area contributed by atoms with Crippen molar-refractivity contribution in [2.75, 3.05) is 0 Å². The maximum absolute atomic E-state index is 13.9. The third-order valence-electron chi connectivity index (χ3n) is 2.86. The minimum atomic E-state index is -0.551. The van der Waals surface area contributed by atoms with Gasteiger partial charge in [0, 0.05) is 22.6 Å². The predicted octanol–water partition coefficient (Wildman–Crippen LogP) is 5.53. The van der Waals surface area contributed by atoms with Gasteiger partial charge in [0.1, 0.15) is 5.75 Å². The second-order valence-corrected chi connectivity index (χ2v) is 6.26. The summed E-state index contributed by atoms with van der Waals surface area (Å²) in [6.07, 6.45) is 0. The van der Waals surface area contributed by atoms with Crippen molar-refractivity contribution < 1.29 is 9.13 Å². The van der Waals surface area contributed by atoms with E-state index in [9.17, 15) is 4.39 Å². The first-order valence-electron chi connectivity index (χ1n) is 6.61. The summed E-state index contributed by atoms with van der Waals surface area (Å²) in [5.41, 5.74) is 0.942. The van der Waals surface area contributed by atoms with Crippen LogP contribution in [0.25, 0.3) is 0 Å². The summed E-state index contributed by atoms with van der Waals surface area (Å²) in [5, 5.41) is 3.37. The highest BCUT2D eigenvalue weighted by Gasteiger charge is 2.11. The molecule has 2 aromatic rings. The molecule has 1 N–H and O–H groups in total. The Labute approximate surface area is 137 Å². The molecule has 0 aliphatic carbocycles. The molecule has 0 spiro atoms. The topological polar surface area (TPSA) is 21.3 Å². The monoisotopic (exact) mass is 371 g/mol. The fourth-order valence-corrected chi connectivity index (χ4v) is 2.36. The van der Waals surface area contributed by atoms with Gasteiger partial charge in [-0.15, -0.1) is 0 Å². The second-order valence-electron chi connectivity index (χ2n) is 4.94. The van der Waals surface area contributed by atoms with Crippen LogP contribution in [0.2, 0.25) is 5.02 Å². The Morgan fingerprint density at radius 2 is 2.00 bits per heavy atom. The highest BCUT2D eigenvalue weighted by atomic mass is 79.9. The Balaban J connectivity index is 2.28. The van der Waals surface area contributed by atoms with E-state index in [1.54, 1.807) is 12.1 Å². The van der Waals surface area contributed by atoms with Crippen LogP contribution in [0, 0.1) is 5.82 Å². The number of rotatable bonds is 5. The summed E-state index contributed by atoms with van der Waals surface area (Å²) in [6.45, 7) is 4.76. The number of ether oxygens (including phenoxy) is 1. The molecule has 0 aliphatic rings. The minimum absolute atomic E-state index is 0.0477. The van der Waals surface area contributed by atoms with E-state index >= 15 is 0 Å². The second kappa shape index (κ2) is 7.25. The van der Waals surface area contributed by atoms with Crippen molar-refractivity contribution in [3.63, 3.8) is 0 Å². The molecule has 2 rings (SSSR count). The lowest BCUT2D eigenvalue weighted by atomic mass is 10.2. The third kappa shape index (κ3) is 4.43. The molecule has 0 aliphatic heterocycles. The van der Waals surface area contributed by atoms with Crippen LogP contribution in [0.4, 0.5) is 4.39 Å². The first-order chi connectivity index (χ1) is 9.97. The molecule has 5 heteroatoms. The molecule has 0 saturated heterocycles. The molecule has 0 saturated carbocycles. The molecule has 0 aromatic heterocycles. The Morgan fingerprint density at radius 3 is 2.71 bits per heavy atom. The van der Waals surface area contributed by atoms with Crippen molar-refractivity contribution in [2.45, 2.75) is 26.4 Å². The summed E-state index contributed by atoms with van der Waals surface area (Å²) in [4.78, 5) is 0. The third-order valence-corrected chi connectivity index (χ3v) is 3.64. The fourth-order valence-electron chi connectivity index (χ4n) is 1.78. The molecule has 0 heterocycles. The summed E-state index contributed by atoms with van der Waals surface area (Å²) in [5.74, 6) is 0.174. The summed E-state index contributed by atoms with van der Waals surface area (Å²) < 4.78 is 20.6. The van der Waals surface area contributed by atoms with Gasteiger partial charge in [-0.2, -0.15) is 0 Å². The first kappa shape index (κ1) is 16.3. The van der Waals surface area contributed by atoms with Gasteiger partial charge < -0.3 is 10.1 Å². The van der Waals surface area contributed by atoms with Crippen molar-refractivity contribution in [1.29, 1.82) is 0 Å². The average Bonchev–Trinajstić information content (AvgIpc) is 2.43. The van der Waals surface area contributed by atoms with Gasteiger partial charge in [0.15, 0.2) is 11.6 Å². The normalized spacial score (nSPS) is 11.0. The lowest BCUT2D eigenvalue weighted by Crippen LogP contribution is -2.22. The van der Waals surface area contributed by atoms with Crippen LogP contribution in [-0.2, 0) is 6.54 Å². The maximum Gasteiger partial charge on any atom is 0.184 e. The molecule has 0 atom stereocenters. The van der Waals surface area contributed by atoms with Gasteiger partial charge in [0.25, 0.3) is 0 Å². The Hall–Kier alpha value is -1.10. The zero-order valence-corrected chi connectivity index (χ0v) is 14.1. The Bertz CT molecular complexity index is 634. The summed E-state index contributed by atoms with van der Waals surface area (Å²) >= 11 is 9.21. The van der Waals surface area contributed by atoms with Crippen LogP contribution in [-0.4, -0.2) is 6.04 Å². The van der Waals surface area contributed by atoms with E-state index in [0.717, 1.165) is 10.0 Å². The van der Waals surface area contributed by atoms with Gasteiger partial charge in [0.2, 0.25) is 0 Å². The average molecular weight is 373 g/mol. The van der Waals surface area contributed by atoms with E-state index in [0.29, 0.717) is 18.3 Å². The van der Waals surface area contributed by atoms with Crippen LogP contribution in [0.1, 0.15) is 19.4 Å². The van der Waals surface area contributed by atoms with Gasteiger partial charge in [0.05, 0.1) is 5.02 Å². The number of hydrogen-bond acceptors (Lipinski definition) is 2. The molecule has 21 heavy (non-hydrogen) atoms. The van der Waals surface area contributed by atoms with E-state index in [1.807, 2.05) is 18.2 Å². The van der Waals surface area contributed by atoms with E-state index < -0.39 is 5.82 Å². The minimum Gasteiger partial charge on any atom is -0.454 e. The Kier molecular flexibility index (Phi) is 5.62. The van der Waals surface area contributed by atoms with Crippen molar-refractivity contribution in [1.82, 2.24) is 5.32 Å². The quantitative estimate of drug-likeness (QED) is 0.745. The number of benzene rings is 2. The van der Waals surface area contributed by atoms with Crippen LogP contribution in [0.15, 0.2) is 40.9 Å². The number of hydrogen-bond donors (Lipinski definition) is 1. The van der Waals surface area contributed by atoms with Crippen LogP contribution in [0.3, 0.4) is 0 Å². The molecular formula is C16H16BrClFNO. The van der Waals surface area contributed by atoms with Gasteiger partial charge >= 0.3 is 0 Å². The standard InChI is InChI=1S/C16H16BrClFNO/c1-10(2)20-9-11-8-12(17)6-7-14(11)21-15-5-3-4-13(18)16(15)19/h3-8,10,20H,9H2,1-2H3. The van der Waals surface area contributed by atoms with E-state index in [2.05, 4.69) is 35.1 Å². The van der Waals surface area contributed by atoms with Crippen LogP contribution < -0.4 is 10.1 Å². The lowest BCUT2D eigenvalue weighted by Gasteiger charge is -2.14. The summed E-state index contributed by atoms with van der Waals surface area (Å²) in [7, 11) is 0. The van der Waals surface area contributed by atoms with E-state index in [4.69, 9.17) is 16.3 Å². The maximum atomic E-state index is 13.9. The molecule has 2 nitrogen and oxygen atoms in total. The van der Waals surface area contributed by atoms with Gasteiger partial charge in [-0.1, -0.05) is 47.4 Å². The zero-order chi connectivity index (χ0) is 15.4. The first-order valence-corrected chi connectivity index (χ1v) is 7.78. The van der Waals surface area contributed by atoms with Crippen molar-refractivity contribution in [3.8, 4) is 11.5 Å². The van der Waals surface area contributed by atoms with Gasteiger partial charge in [-0.05, 0) is 30.3 Å². The van der Waals surface area contributed by atoms with E-state index in [1.165, 1.54) is 6.07 Å². The lowest BCUT2D eigenvalue weighted by molar-refractivity contribution is 0.434. The van der Waals surface area contributed by atoms with Crippen molar-refractivity contribution >= 4 is 27.5 Å². The molecule has 0 amide bonds. The molecule has 0 fully saturated rings. The van der Waals surface area contributed by atoms with Crippen molar-refractivity contribution in [3.05, 3.63) is 57.3 Å². The summed E-state index contributed by atoms with van der Waals surface area (Å²) in [6, 6.07) is 10.7. The molecule has 0 unspecified atom stereocenters. The number of halogens is 3. The largest absolute Gasteiger partial charge is 0.454 e. The van der Waals surface area contributed by atoms with Crippen LogP contribution >= 0.6 is 27.5 Å². The molecule has 112 valence electrons. The highest BCUT2D eigenvalue weighted by molar-refractivity contribution is 9.10. The molecule has 0 radical (unpaired) electrons. The predicted molar refractivity (Wildman–Crippen MR) is 87.6 cm³/mol. The van der Waals surface area contributed by atoms with Crippen LogP contribution in [0.5, 0.6) is 11.5 Å². The fraction of sp³-hybridized carbons (Fsp3) is 0.250. The number of nitrogens with one attached hydrogen (secondary N) is 1. The SMILES string of the molecule is CC(C)NCc1cc(Br)ccc1Oc1cccc(Cl)c1F. The van der Waals surface area contributed by atoms with E-state index in [-0.39, 0.29) is 10.8 Å². The van der Waals surface area contributed by atoms with Crippen molar-refractivity contribution in [2.24, 2.45) is 0 Å². The molecular weight excluding hydrogens is 357 g/mol. The smallest absolute Gasteiger partial charge is 0.184 e. The van der Waals surface area contributed by atoms with Gasteiger partial charge in [-0.3, -0.25) is 0 Å². The Morgan fingerprint density at radius 1 is 1.24 bits per heavy atom.